The van der Waals surface area contributed by atoms with E-state index < -0.39 is 0 Å². The van der Waals surface area contributed by atoms with E-state index in [2.05, 4.69) is 15.3 Å². The highest BCUT2D eigenvalue weighted by Gasteiger charge is 2.16. The van der Waals surface area contributed by atoms with Gasteiger partial charge in [-0.15, -0.1) is 24.0 Å². The maximum absolute atomic E-state index is 5.85. The zero-order chi connectivity index (χ0) is 13.7. The van der Waals surface area contributed by atoms with E-state index in [-0.39, 0.29) is 24.0 Å². The fourth-order valence-electron chi connectivity index (χ4n) is 1.97. The van der Waals surface area contributed by atoms with Crippen LogP contribution < -0.4 is 16.0 Å². The highest BCUT2D eigenvalue weighted by atomic mass is 127. The Kier molecular flexibility index (Phi) is 7.04. The van der Waals surface area contributed by atoms with Gasteiger partial charge in [-0.2, -0.15) is 0 Å². The van der Waals surface area contributed by atoms with E-state index in [1.54, 1.807) is 0 Å². The van der Waals surface area contributed by atoms with Crippen LogP contribution in [0.15, 0.2) is 23.2 Å². The molecule has 2 rings (SSSR count). The first-order chi connectivity index (χ1) is 9.15. The molecule has 112 valence electrons. The van der Waals surface area contributed by atoms with Crippen molar-refractivity contribution in [3.8, 4) is 0 Å². The van der Waals surface area contributed by atoms with Crippen molar-refractivity contribution in [2.24, 2.45) is 16.6 Å². The van der Waals surface area contributed by atoms with Crippen LogP contribution in [0.3, 0.4) is 0 Å². The van der Waals surface area contributed by atoms with Gasteiger partial charge in [0.25, 0.3) is 0 Å². The van der Waals surface area contributed by atoms with Crippen LogP contribution in [0.25, 0.3) is 0 Å². The summed E-state index contributed by atoms with van der Waals surface area (Å²) < 4.78 is 0. The molecule has 1 aromatic heterocycles. The largest absolute Gasteiger partial charge is 0.370 e. The van der Waals surface area contributed by atoms with Gasteiger partial charge in [0, 0.05) is 20.6 Å². The van der Waals surface area contributed by atoms with Crippen molar-refractivity contribution in [1.82, 2.24) is 10.3 Å². The van der Waals surface area contributed by atoms with Gasteiger partial charge in [0.2, 0.25) is 0 Å². The van der Waals surface area contributed by atoms with Crippen LogP contribution in [-0.2, 0) is 6.54 Å². The summed E-state index contributed by atoms with van der Waals surface area (Å²) >= 11 is 0. The Labute approximate surface area is 138 Å². The van der Waals surface area contributed by atoms with Crippen molar-refractivity contribution >= 4 is 35.8 Å². The SMILES string of the molecule is CN(C)c1cccc(CN=C(N)NCC2CCC2)n1.I. The Morgan fingerprint density at radius 1 is 1.45 bits per heavy atom. The molecule has 1 heterocycles. The minimum Gasteiger partial charge on any atom is -0.370 e. The third kappa shape index (κ3) is 5.15. The van der Waals surface area contributed by atoms with E-state index in [0.717, 1.165) is 24.0 Å². The highest BCUT2D eigenvalue weighted by Crippen LogP contribution is 2.24. The Balaban J connectivity index is 0.00000200. The molecule has 0 aliphatic heterocycles. The zero-order valence-electron chi connectivity index (χ0n) is 12.2. The van der Waals surface area contributed by atoms with Gasteiger partial charge in [-0.05, 0) is 30.9 Å². The molecule has 1 aromatic rings. The lowest BCUT2D eigenvalue weighted by atomic mass is 9.85. The lowest BCUT2D eigenvalue weighted by Gasteiger charge is -2.25. The molecule has 0 bridgehead atoms. The Bertz CT molecular complexity index is 443. The van der Waals surface area contributed by atoms with Crippen molar-refractivity contribution in [1.29, 1.82) is 0 Å². The fourth-order valence-corrected chi connectivity index (χ4v) is 1.97. The van der Waals surface area contributed by atoms with Crippen molar-refractivity contribution < 1.29 is 0 Å². The van der Waals surface area contributed by atoms with E-state index in [4.69, 9.17) is 5.73 Å². The maximum Gasteiger partial charge on any atom is 0.188 e. The molecule has 0 saturated heterocycles. The zero-order valence-corrected chi connectivity index (χ0v) is 14.5. The number of rotatable bonds is 5. The summed E-state index contributed by atoms with van der Waals surface area (Å²) in [7, 11) is 3.95. The molecule has 1 aliphatic carbocycles. The minimum absolute atomic E-state index is 0. The quantitative estimate of drug-likeness (QED) is 0.459. The Morgan fingerprint density at radius 3 is 2.80 bits per heavy atom. The number of halogens is 1. The number of hydrogen-bond acceptors (Lipinski definition) is 3. The molecule has 5 nitrogen and oxygen atoms in total. The van der Waals surface area contributed by atoms with Crippen LogP contribution in [-0.4, -0.2) is 31.6 Å². The Hall–Kier alpha value is -1.05. The first-order valence-electron chi connectivity index (χ1n) is 6.82. The number of aliphatic imine (C=N–C) groups is 1. The normalized spacial score (nSPS) is 15.2. The average Bonchev–Trinajstić information content (AvgIpc) is 2.35. The summed E-state index contributed by atoms with van der Waals surface area (Å²) in [6.45, 7) is 1.46. The van der Waals surface area contributed by atoms with Crippen LogP contribution in [0.1, 0.15) is 25.0 Å². The molecule has 0 unspecified atom stereocenters. The fraction of sp³-hybridized carbons (Fsp3) is 0.571. The topological polar surface area (TPSA) is 66.5 Å². The minimum atomic E-state index is 0. The van der Waals surface area contributed by atoms with Gasteiger partial charge in [0.15, 0.2) is 5.96 Å². The predicted molar refractivity (Wildman–Crippen MR) is 94.6 cm³/mol. The summed E-state index contributed by atoms with van der Waals surface area (Å²) in [5, 5.41) is 3.18. The van der Waals surface area contributed by atoms with Gasteiger partial charge < -0.3 is 16.0 Å². The van der Waals surface area contributed by atoms with Crippen LogP contribution >= 0.6 is 24.0 Å². The van der Waals surface area contributed by atoms with E-state index in [9.17, 15) is 0 Å². The van der Waals surface area contributed by atoms with Crippen molar-refractivity contribution in [2.45, 2.75) is 25.8 Å². The molecule has 1 aliphatic rings. The second-order valence-electron chi connectivity index (χ2n) is 5.26. The molecule has 1 saturated carbocycles. The smallest absolute Gasteiger partial charge is 0.188 e. The monoisotopic (exact) mass is 389 g/mol. The molecular weight excluding hydrogens is 365 g/mol. The number of nitrogens with zero attached hydrogens (tertiary/aromatic N) is 3. The van der Waals surface area contributed by atoms with Crippen molar-refractivity contribution in [3.63, 3.8) is 0 Å². The van der Waals surface area contributed by atoms with Crippen LogP contribution in [0.2, 0.25) is 0 Å². The molecule has 0 atom stereocenters. The third-order valence-electron chi connectivity index (χ3n) is 3.46. The van der Waals surface area contributed by atoms with Crippen LogP contribution in [0, 0.1) is 5.92 Å². The number of anilines is 1. The van der Waals surface area contributed by atoms with Crippen LogP contribution in [0.4, 0.5) is 5.82 Å². The Morgan fingerprint density at radius 2 is 2.20 bits per heavy atom. The van der Waals surface area contributed by atoms with E-state index >= 15 is 0 Å². The second-order valence-corrected chi connectivity index (χ2v) is 5.26. The van der Waals surface area contributed by atoms with Gasteiger partial charge in [0.1, 0.15) is 5.82 Å². The summed E-state index contributed by atoms with van der Waals surface area (Å²) in [6, 6.07) is 5.94. The first kappa shape index (κ1) is 17.0. The summed E-state index contributed by atoms with van der Waals surface area (Å²) in [5.74, 6) is 2.24. The molecule has 20 heavy (non-hydrogen) atoms. The number of guanidine groups is 1. The summed E-state index contributed by atoms with van der Waals surface area (Å²) in [5.41, 5.74) is 6.78. The summed E-state index contributed by atoms with van der Waals surface area (Å²) in [6.07, 6.45) is 3.98. The predicted octanol–water partition coefficient (Wildman–Crippen LogP) is 1.97. The van der Waals surface area contributed by atoms with E-state index in [1.165, 1.54) is 19.3 Å². The molecule has 0 radical (unpaired) electrons. The van der Waals surface area contributed by atoms with Gasteiger partial charge >= 0.3 is 0 Å². The molecule has 0 aromatic carbocycles. The van der Waals surface area contributed by atoms with Gasteiger partial charge in [-0.1, -0.05) is 12.5 Å². The molecular formula is C14H24IN5. The number of aromatic nitrogens is 1. The first-order valence-corrected chi connectivity index (χ1v) is 6.82. The van der Waals surface area contributed by atoms with E-state index in [1.807, 2.05) is 37.2 Å². The molecule has 0 amide bonds. The molecule has 6 heteroatoms. The van der Waals surface area contributed by atoms with E-state index in [0.29, 0.717) is 12.5 Å². The number of nitrogens with one attached hydrogen (secondary N) is 1. The number of nitrogens with two attached hydrogens (primary N) is 1. The van der Waals surface area contributed by atoms with Gasteiger partial charge in [0.05, 0.1) is 12.2 Å². The van der Waals surface area contributed by atoms with Crippen LogP contribution in [0.5, 0.6) is 0 Å². The number of hydrogen-bond donors (Lipinski definition) is 2. The lowest BCUT2D eigenvalue weighted by Crippen LogP contribution is -2.37. The standard InChI is InChI=1S/C14H23N5.HI/c1-19(2)13-8-4-7-12(18-13)10-17-14(15)16-9-11-5-3-6-11;/h4,7-8,11H,3,5-6,9-10H2,1-2H3,(H3,15,16,17);1H. The molecule has 3 N–H and O–H groups in total. The van der Waals surface area contributed by atoms with Crippen molar-refractivity contribution in [2.75, 3.05) is 25.5 Å². The van der Waals surface area contributed by atoms with Gasteiger partial charge in [-0.3, -0.25) is 0 Å². The summed E-state index contributed by atoms with van der Waals surface area (Å²) in [4.78, 5) is 10.8. The molecule has 0 spiro atoms. The average molecular weight is 389 g/mol. The highest BCUT2D eigenvalue weighted by molar-refractivity contribution is 14.0. The van der Waals surface area contributed by atoms with Gasteiger partial charge in [-0.25, -0.2) is 9.98 Å². The molecule has 1 fully saturated rings. The lowest BCUT2D eigenvalue weighted by molar-refractivity contribution is 0.315. The maximum atomic E-state index is 5.85. The van der Waals surface area contributed by atoms with Crippen molar-refractivity contribution in [3.05, 3.63) is 23.9 Å². The number of pyridine rings is 1. The third-order valence-corrected chi connectivity index (χ3v) is 3.46. The second kappa shape index (κ2) is 8.28.